The molecule has 106 valence electrons. The summed E-state index contributed by atoms with van der Waals surface area (Å²) in [6, 6.07) is 5.09. The van der Waals surface area contributed by atoms with Crippen molar-refractivity contribution >= 4 is 17.0 Å². The van der Waals surface area contributed by atoms with Gasteiger partial charge in [0, 0.05) is 19.1 Å². The summed E-state index contributed by atoms with van der Waals surface area (Å²) in [5.41, 5.74) is 2.05. The minimum Gasteiger partial charge on any atom is -0.478 e. The zero-order chi connectivity index (χ0) is 14.1. The first-order valence-electron chi connectivity index (χ1n) is 7.05. The Kier molecular flexibility index (Phi) is 3.44. The van der Waals surface area contributed by atoms with Gasteiger partial charge in [-0.05, 0) is 43.9 Å². The molecule has 0 amide bonds. The second-order valence-electron chi connectivity index (χ2n) is 5.34. The van der Waals surface area contributed by atoms with Crippen molar-refractivity contribution in [3.63, 3.8) is 0 Å². The van der Waals surface area contributed by atoms with E-state index in [0.717, 1.165) is 49.1 Å². The number of imidazole rings is 1. The molecule has 0 atom stereocenters. The standard InChI is InChI=1S/C15H18N2O3/c18-8-2-1-7-17-13-9-11(15(19)20)5-6-12(13)16-14(17)10-3-4-10/h5-6,9-10,18H,1-4,7-8H2,(H,19,20). The van der Waals surface area contributed by atoms with Gasteiger partial charge in [-0.2, -0.15) is 0 Å². The monoisotopic (exact) mass is 274 g/mol. The van der Waals surface area contributed by atoms with Crippen LogP contribution in [-0.2, 0) is 6.54 Å². The van der Waals surface area contributed by atoms with Crippen molar-refractivity contribution < 1.29 is 15.0 Å². The number of benzene rings is 1. The predicted molar refractivity (Wildman–Crippen MR) is 75.0 cm³/mol. The third-order valence-corrected chi connectivity index (χ3v) is 3.76. The number of unbranched alkanes of at least 4 members (excludes halogenated alkanes) is 1. The summed E-state index contributed by atoms with van der Waals surface area (Å²) in [6.45, 7) is 0.970. The van der Waals surface area contributed by atoms with E-state index in [1.54, 1.807) is 18.2 Å². The molecule has 1 fully saturated rings. The van der Waals surface area contributed by atoms with E-state index in [2.05, 4.69) is 9.55 Å². The van der Waals surface area contributed by atoms with E-state index in [1.807, 2.05) is 0 Å². The molecule has 1 aliphatic rings. The molecule has 0 spiro atoms. The van der Waals surface area contributed by atoms with Crippen LogP contribution in [0.25, 0.3) is 11.0 Å². The zero-order valence-corrected chi connectivity index (χ0v) is 11.2. The highest BCUT2D eigenvalue weighted by Gasteiger charge is 2.29. The number of nitrogens with zero attached hydrogens (tertiary/aromatic N) is 2. The highest BCUT2D eigenvalue weighted by Crippen LogP contribution is 2.40. The topological polar surface area (TPSA) is 75.3 Å². The number of hydrogen-bond acceptors (Lipinski definition) is 3. The van der Waals surface area contributed by atoms with E-state index < -0.39 is 5.97 Å². The molecule has 20 heavy (non-hydrogen) atoms. The van der Waals surface area contributed by atoms with Crippen LogP contribution in [0.15, 0.2) is 18.2 Å². The SMILES string of the molecule is O=C(O)c1ccc2nc(C3CC3)n(CCCCO)c2c1. The Morgan fingerprint density at radius 1 is 1.35 bits per heavy atom. The van der Waals surface area contributed by atoms with E-state index in [1.165, 1.54) is 0 Å². The maximum Gasteiger partial charge on any atom is 0.335 e. The van der Waals surface area contributed by atoms with Crippen molar-refractivity contribution in [1.29, 1.82) is 0 Å². The molecule has 0 radical (unpaired) electrons. The Morgan fingerprint density at radius 2 is 2.15 bits per heavy atom. The van der Waals surface area contributed by atoms with Crippen molar-refractivity contribution in [3.8, 4) is 0 Å². The van der Waals surface area contributed by atoms with Gasteiger partial charge in [0.25, 0.3) is 0 Å². The molecule has 0 unspecified atom stereocenters. The number of hydrogen-bond donors (Lipinski definition) is 2. The summed E-state index contributed by atoms with van der Waals surface area (Å²) >= 11 is 0. The number of fused-ring (bicyclic) bond motifs is 1. The van der Waals surface area contributed by atoms with Crippen molar-refractivity contribution in [2.24, 2.45) is 0 Å². The molecule has 1 heterocycles. The van der Waals surface area contributed by atoms with Crippen molar-refractivity contribution in [1.82, 2.24) is 9.55 Å². The molecule has 0 saturated heterocycles. The van der Waals surface area contributed by atoms with Gasteiger partial charge in [0.2, 0.25) is 0 Å². The Bertz CT molecular complexity index is 644. The number of aromatic carboxylic acids is 1. The molecule has 0 aliphatic heterocycles. The highest BCUT2D eigenvalue weighted by atomic mass is 16.4. The molecule has 2 N–H and O–H groups in total. The van der Waals surface area contributed by atoms with E-state index in [9.17, 15) is 4.79 Å². The minimum atomic E-state index is -0.914. The second kappa shape index (κ2) is 5.25. The fourth-order valence-corrected chi connectivity index (χ4v) is 2.54. The number of carboxylic acid groups (broad SMARTS) is 1. The van der Waals surface area contributed by atoms with Crippen molar-refractivity contribution in [2.45, 2.75) is 38.1 Å². The molecular formula is C15H18N2O3. The van der Waals surface area contributed by atoms with Gasteiger partial charge < -0.3 is 14.8 Å². The van der Waals surface area contributed by atoms with E-state index in [0.29, 0.717) is 11.5 Å². The summed E-state index contributed by atoms with van der Waals surface area (Å²) in [4.78, 5) is 15.8. The third-order valence-electron chi connectivity index (χ3n) is 3.76. The normalized spacial score (nSPS) is 14.8. The molecule has 1 aromatic carbocycles. The Hall–Kier alpha value is -1.88. The lowest BCUT2D eigenvalue weighted by atomic mass is 10.2. The maximum atomic E-state index is 11.1. The van der Waals surface area contributed by atoms with Gasteiger partial charge in [-0.1, -0.05) is 0 Å². The fourth-order valence-electron chi connectivity index (χ4n) is 2.54. The first-order chi connectivity index (χ1) is 9.70. The summed E-state index contributed by atoms with van der Waals surface area (Å²) in [5.74, 6) is 0.674. The molecule has 3 rings (SSSR count). The van der Waals surface area contributed by atoms with Crippen LogP contribution in [0.2, 0.25) is 0 Å². The van der Waals surface area contributed by atoms with Gasteiger partial charge in [-0.15, -0.1) is 0 Å². The lowest BCUT2D eigenvalue weighted by Gasteiger charge is -2.08. The van der Waals surface area contributed by atoms with E-state index >= 15 is 0 Å². The number of aliphatic hydroxyl groups excluding tert-OH is 1. The highest BCUT2D eigenvalue weighted by molar-refractivity contribution is 5.92. The Balaban J connectivity index is 2.03. The summed E-state index contributed by atoms with van der Waals surface area (Å²) < 4.78 is 2.13. The molecule has 1 aliphatic carbocycles. The molecule has 5 heteroatoms. The predicted octanol–water partition coefficient (Wildman–Crippen LogP) is 2.38. The van der Waals surface area contributed by atoms with Gasteiger partial charge in [-0.3, -0.25) is 0 Å². The molecule has 5 nitrogen and oxygen atoms in total. The van der Waals surface area contributed by atoms with Crippen LogP contribution >= 0.6 is 0 Å². The van der Waals surface area contributed by atoms with Crippen LogP contribution in [0.3, 0.4) is 0 Å². The van der Waals surface area contributed by atoms with Crippen LogP contribution in [0, 0.1) is 0 Å². The average Bonchev–Trinajstić information content (AvgIpc) is 3.22. The van der Waals surface area contributed by atoms with E-state index in [-0.39, 0.29) is 6.61 Å². The lowest BCUT2D eigenvalue weighted by molar-refractivity contribution is 0.0697. The van der Waals surface area contributed by atoms with Gasteiger partial charge in [-0.25, -0.2) is 9.78 Å². The van der Waals surface area contributed by atoms with Crippen LogP contribution in [-0.4, -0.2) is 32.3 Å². The van der Waals surface area contributed by atoms with Crippen LogP contribution in [0.4, 0.5) is 0 Å². The van der Waals surface area contributed by atoms with Crippen LogP contribution in [0.1, 0.15) is 47.8 Å². The van der Waals surface area contributed by atoms with Gasteiger partial charge in [0.15, 0.2) is 0 Å². The molecule has 2 aromatic rings. The number of aromatic nitrogens is 2. The first-order valence-corrected chi connectivity index (χ1v) is 7.05. The van der Waals surface area contributed by atoms with Crippen molar-refractivity contribution in [2.75, 3.05) is 6.61 Å². The molecule has 1 saturated carbocycles. The number of rotatable bonds is 6. The molecule has 0 bridgehead atoms. The zero-order valence-electron chi connectivity index (χ0n) is 11.2. The minimum absolute atomic E-state index is 0.186. The largest absolute Gasteiger partial charge is 0.478 e. The summed E-state index contributed by atoms with van der Waals surface area (Å²) in [6.07, 6.45) is 3.95. The Labute approximate surface area is 116 Å². The van der Waals surface area contributed by atoms with Crippen LogP contribution in [0.5, 0.6) is 0 Å². The summed E-state index contributed by atoms with van der Waals surface area (Å²) in [5, 5.41) is 18.0. The smallest absolute Gasteiger partial charge is 0.335 e. The molecular weight excluding hydrogens is 256 g/mol. The lowest BCUT2D eigenvalue weighted by Crippen LogP contribution is -2.04. The third kappa shape index (κ3) is 2.41. The van der Waals surface area contributed by atoms with E-state index in [4.69, 9.17) is 10.2 Å². The number of aryl methyl sites for hydroxylation is 1. The Morgan fingerprint density at radius 3 is 2.80 bits per heavy atom. The quantitative estimate of drug-likeness (QED) is 0.793. The first kappa shape index (κ1) is 13.1. The van der Waals surface area contributed by atoms with Crippen molar-refractivity contribution in [3.05, 3.63) is 29.6 Å². The number of aliphatic hydroxyl groups is 1. The number of carbonyl (C=O) groups is 1. The average molecular weight is 274 g/mol. The van der Waals surface area contributed by atoms with Gasteiger partial charge in [0.1, 0.15) is 5.82 Å². The second-order valence-corrected chi connectivity index (χ2v) is 5.34. The van der Waals surface area contributed by atoms with Gasteiger partial charge >= 0.3 is 5.97 Å². The summed E-state index contributed by atoms with van der Waals surface area (Å²) in [7, 11) is 0. The fraction of sp³-hybridized carbons (Fsp3) is 0.467. The maximum absolute atomic E-state index is 11.1. The van der Waals surface area contributed by atoms with Crippen LogP contribution < -0.4 is 0 Å². The molecule has 1 aromatic heterocycles. The van der Waals surface area contributed by atoms with Gasteiger partial charge in [0.05, 0.1) is 16.6 Å². The number of carboxylic acids is 1.